The number of rotatable bonds is 8. The van der Waals surface area contributed by atoms with Crippen molar-refractivity contribution in [1.82, 2.24) is 10.0 Å². The van der Waals surface area contributed by atoms with E-state index in [0.717, 1.165) is 31.2 Å². The Morgan fingerprint density at radius 2 is 1.86 bits per heavy atom. The van der Waals surface area contributed by atoms with Gasteiger partial charge in [-0.2, -0.15) is 0 Å². The van der Waals surface area contributed by atoms with Crippen LogP contribution in [0.5, 0.6) is 5.75 Å². The van der Waals surface area contributed by atoms with E-state index in [4.69, 9.17) is 16.3 Å². The molecule has 0 spiro atoms. The molecule has 2 aromatic rings. The van der Waals surface area contributed by atoms with Crippen LogP contribution >= 0.6 is 11.6 Å². The molecule has 1 saturated carbocycles. The minimum Gasteiger partial charge on any atom is -0.482 e. The molecule has 0 saturated heterocycles. The minimum absolute atomic E-state index is 0.0231. The molecule has 2 aromatic carbocycles. The van der Waals surface area contributed by atoms with E-state index in [9.17, 15) is 13.2 Å². The first-order valence-corrected chi connectivity index (χ1v) is 11.5. The second-order valence-corrected chi connectivity index (χ2v) is 9.30. The molecule has 0 aromatic heterocycles. The van der Waals surface area contributed by atoms with Crippen LogP contribution in [-0.4, -0.2) is 27.0 Å². The van der Waals surface area contributed by atoms with Gasteiger partial charge in [0.1, 0.15) is 5.75 Å². The third kappa shape index (κ3) is 5.95. The fourth-order valence-corrected chi connectivity index (χ4v) is 4.98. The summed E-state index contributed by atoms with van der Waals surface area (Å²) >= 11 is 6.19. The highest BCUT2D eigenvalue weighted by Gasteiger charge is 2.23. The molecule has 1 aliphatic rings. The number of carbonyl (C=O) groups is 1. The average molecular weight is 437 g/mol. The summed E-state index contributed by atoms with van der Waals surface area (Å²) in [4.78, 5) is 12.2. The lowest BCUT2D eigenvalue weighted by atomic mass is 10.1. The molecule has 29 heavy (non-hydrogen) atoms. The minimum atomic E-state index is -3.63. The summed E-state index contributed by atoms with van der Waals surface area (Å²) in [5.41, 5.74) is 0.989. The molecule has 0 aliphatic heterocycles. The van der Waals surface area contributed by atoms with Crippen LogP contribution in [0, 0.1) is 0 Å². The zero-order chi connectivity index (χ0) is 20.9. The van der Waals surface area contributed by atoms with Crippen LogP contribution in [0.1, 0.15) is 44.2 Å². The van der Waals surface area contributed by atoms with Gasteiger partial charge < -0.3 is 10.1 Å². The predicted octanol–water partition coefficient (Wildman–Crippen LogP) is 3.82. The number of hydrogen-bond acceptors (Lipinski definition) is 4. The van der Waals surface area contributed by atoms with E-state index in [1.807, 2.05) is 37.3 Å². The maximum atomic E-state index is 12.5. The molecular weight excluding hydrogens is 412 g/mol. The smallest absolute Gasteiger partial charge is 0.258 e. The molecule has 1 atom stereocenters. The molecule has 3 rings (SSSR count). The fourth-order valence-electron chi connectivity index (χ4n) is 3.35. The lowest BCUT2D eigenvalue weighted by Gasteiger charge is -2.16. The molecule has 1 fully saturated rings. The predicted molar refractivity (Wildman–Crippen MR) is 113 cm³/mol. The van der Waals surface area contributed by atoms with Crippen molar-refractivity contribution in [1.29, 1.82) is 0 Å². The second kappa shape index (κ2) is 9.61. The lowest BCUT2D eigenvalue weighted by molar-refractivity contribution is -0.123. The highest BCUT2D eigenvalue weighted by Crippen LogP contribution is 2.28. The van der Waals surface area contributed by atoms with E-state index in [-0.39, 0.29) is 40.3 Å². The standard InChI is InChI=1S/C21H25ClN2O4S/c1-15(16-7-3-2-4-8-16)23-21(25)14-28-20-12-11-18(13-19(20)22)29(26,27)24-17-9-5-6-10-17/h2-4,7-8,11-13,15,17,24H,5-6,9-10,14H2,1H3,(H,23,25)/t15-/m0/s1. The Morgan fingerprint density at radius 3 is 2.52 bits per heavy atom. The van der Waals surface area contributed by atoms with Crippen molar-refractivity contribution in [2.75, 3.05) is 6.61 Å². The summed E-state index contributed by atoms with van der Waals surface area (Å²) in [7, 11) is -3.63. The van der Waals surface area contributed by atoms with Gasteiger partial charge in [0.2, 0.25) is 10.0 Å². The van der Waals surface area contributed by atoms with Gasteiger partial charge in [-0.05, 0) is 43.5 Å². The van der Waals surface area contributed by atoms with Gasteiger partial charge in [0, 0.05) is 6.04 Å². The van der Waals surface area contributed by atoms with E-state index in [0.29, 0.717) is 0 Å². The quantitative estimate of drug-likeness (QED) is 0.658. The first kappa shape index (κ1) is 21.6. The Morgan fingerprint density at radius 1 is 1.17 bits per heavy atom. The summed E-state index contributed by atoms with van der Waals surface area (Å²) in [6, 6.07) is 13.7. The van der Waals surface area contributed by atoms with Crippen LogP contribution in [0.4, 0.5) is 0 Å². The van der Waals surface area contributed by atoms with Gasteiger partial charge in [0.25, 0.3) is 5.91 Å². The molecule has 0 radical (unpaired) electrons. The number of halogens is 1. The maximum Gasteiger partial charge on any atom is 0.258 e. The first-order valence-electron chi connectivity index (χ1n) is 9.64. The Labute approximate surface area is 176 Å². The summed E-state index contributed by atoms with van der Waals surface area (Å²) < 4.78 is 33.2. The van der Waals surface area contributed by atoms with Crippen molar-refractivity contribution in [2.45, 2.75) is 49.6 Å². The SMILES string of the molecule is C[C@H](NC(=O)COc1ccc(S(=O)(=O)NC2CCCC2)cc1Cl)c1ccccc1. The number of carbonyl (C=O) groups excluding carboxylic acids is 1. The highest BCUT2D eigenvalue weighted by molar-refractivity contribution is 7.89. The fraction of sp³-hybridized carbons (Fsp3) is 0.381. The molecule has 0 bridgehead atoms. The molecule has 1 aliphatic carbocycles. The Balaban J connectivity index is 1.57. The number of amides is 1. The van der Waals surface area contributed by atoms with Gasteiger partial charge in [-0.15, -0.1) is 0 Å². The monoisotopic (exact) mass is 436 g/mol. The van der Waals surface area contributed by atoms with Crippen molar-refractivity contribution in [3.05, 3.63) is 59.1 Å². The lowest BCUT2D eigenvalue weighted by Crippen LogP contribution is -2.32. The molecule has 0 heterocycles. The number of sulfonamides is 1. The van der Waals surface area contributed by atoms with Gasteiger partial charge in [-0.3, -0.25) is 4.79 Å². The Hall–Kier alpha value is -2.09. The zero-order valence-corrected chi connectivity index (χ0v) is 17.8. The topological polar surface area (TPSA) is 84.5 Å². The molecule has 156 valence electrons. The van der Waals surface area contributed by atoms with E-state index < -0.39 is 10.0 Å². The van der Waals surface area contributed by atoms with Gasteiger partial charge >= 0.3 is 0 Å². The summed E-state index contributed by atoms with van der Waals surface area (Å²) in [5.74, 6) is -0.0361. The van der Waals surface area contributed by atoms with E-state index in [1.165, 1.54) is 18.2 Å². The van der Waals surface area contributed by atoms with Gasteiger partial charge in [0.05, 0.1) is 16.0 Å². The van der Waals surface area contributed by atoms with Crippen LogP contribution in [0.25, 0.3) is 0 Å². The average Bonchev–Trinajstić information content (AvgIpc) is 3.20. The van der Waals surface area contributed by atoms with Gasteiger partial charge in [-0.25, -0.2) is 13.1 Å². The Kier molecular flexibility index (Phi) is 7.16. The number of ether oxygens (including phenoxy) is 1. The zero-order valence-electron chi connectivity index (χ0n) is 16.2. The van der Waals surface area contributed by atoms with E-state index in [1.54, 1.807) is 0 Å². The first-order chi connectivity index (χ1) is 13.8. The van der Waals surface area contributed by atoms with Crippen molar-refractivity contribution in [3.8, 4) is 5.75 Å². The van der Waals surface area contributed by atoms with Crippen LogP contribution in [0.2, 0.25) is 5.02 Å². The molecule has 2 N–H and O–H groups in total. The van der Waals surface area contributed by atoms with Gasteiger partial charge in [0.15, 0.2) is 6.61 Å². The number of hydrogen-bond donors (Lipinski definition) is 2. The molecular formula is C21H25ClN2O4S. The molecule has 0 unspecified atom stereocenters. The van der Waals surface area contributed by atoms with Crippen LogP contribution in [0.15, 0.2) is 53.4 Å². The normalized spacial score (nSPS) is 15.8. The third-order valence-electron chi connectivity index (χ3n) is 4.93. The van der Waals surface area contributed by atoms with Crippen LogP contribution < -0.4 is 14.8 Å². The summed E-state index contributed by atoms with van der Waals surface area (Å²) in [6.45, 7) is 1.67. The Bertz CT molecular complexity index is 944. The van der Waals surface area contributed by atoms with Crippen LogP contribution in [0.3, 0.4) is 0 Å². The highest BCUT2D eigenvalue weighted by atomic mass is 35.5. The van der Waals surface area contributed by atoms with Crippen molar-refractivity contribution >= 4 is 27.5 Å². The second-order valence-electron chi connectivity index (χ2n) is 7.18. The summed E-state index contributed by atoms with van der Waals surface area (Å²) in [5, 5.41) is 2.99. The van der Waals surface area contributed by atoms with Crippen LogP contribution in [-0.2, 0) is 14.8 Å². The molecule has 6 nitrogen and oxygen atoms in total. The maximum absolute atomic E-state index is 12.5. The van der Waals surface area contributed by atoms with Crippen molar-refractivity contribution < 1.29 is 17.9 Å². The molecule has 8 heteroatoms. The van der Waals surface area contributed by atoms with Gasteiger partial charge in [-0.1, -0.05) is 54.8 Å². The molecule has 1 amide bonds. The summed E-state index contributed by atoms with van der Waals surface area (Å²) in [6.07, 6.45) is 3.77. The third-order valence-corrected chi connectivity index (χ3v) is 6.74. The number of benzene rings is 2. The number of nitrogens with one attached hydrogen (secondary N) is 2. The van der Waals surface area contributed by atoms with E-state index in [2.05, 4.69) is 10.0 Å². The van der Waals surface area contributed by atoms with E-state index >= 15 is 0 Å². The van der Waals surface area contributed by atoms with Crippen molar-refractivity contribution in [2.24, 2.45) is 0 Å². The van der Waals surface area contributed by atoms with Crippen molar-refractivity contribution in [3.63, 3.8) is 0 Å². The largest absolute Gasteiger partial charge is 0.482 e.